The monoisotopic (exact) mass is 279 g/mol. The van der Waals surface area contributed by atoms with Crippen LogP contribution in [-0.4, -0.2) is 66.8 Å². The number of aliphatic hydroxyl groups is 2. The molecule has 1 unspecified atom stereocenters. The minimum absolute atomic E-state index is 0.0147. The lowest BCUT2D eigenvalue weighted by atomic mass is 10.3. The van der Waals surface area contributed by atoms with E-state index in [1.165, 1.54) is 0 Å². The molecule has 1 aliphatic rings. The van der Waals surface area contributed by atoms with Crippen molar-refractivity contribution in [1.82, 2.24) is 4.90 Å². The second kappa shape index (κ2) is 12.3. The van der Waals surface area contributed by atoms with E-state index in [0.29, 0.717) is 26.2 Å². The highest BCUT2D eigenvalue weighted by molar-refractivity contribution is 5.69. The highest BCUT2D eigenvalue weighted by atomic mass is 16.7. The molecule has 0 amide bonds. The first kappa shape index (κ1) is 18.2. The average Bonchev–Trinajstić information content (AvgIpc) is 2.92. The van der Waals surface area contributed by atoms with Gasteiger partial charge in [0.1, 0.15) is 0 Å². The van der Waals surface area contributed by atoms with E-state index in [4.69, 9.17) is 19.7 Å². The van der Waals surface area contributed by atoms with Crippen LogP contribution in [0.1, 0.15) is 19.3 Å². The minimum Gasteiger partial charge on any atom is -0.436 e. The number of ether oxygens (including phenoxy) is 2. The number of carbonyl (C=O) groups excluding carboxylic acids is 1. The van der Waals surface area contributed by atoms with Gasteiger partial charge in [-0.3, -0.25) is 21.4 Å². The third kappa shape index (κ3) is 8.87. The molecule has 1 fully saturated rings. The lowest BCUT2D eigenvalue weighted by molar-refractivity contribution is -0.170. The Morgan fingerprint density at radius 1 is 1.26 bits per heavy atom. The molecule has 8 heteroatoms. The quantitative estimate of drug-likeness (QED) is 0.231. The first-order valence-corrected chi connectivity index (χ1v) is 6.34. The van der Waals surface area contributed by atoms with E-state index >= 15 is 0 Å². The zero-order chi connectivity index (χ0) is 14.5. The van der Waals surface area contributed by atoms with Gasteiger partial charge < -0.3 is 19.7 Å². The molecule has 0 bridgehead atoms. The van der Waals surface area contributed by atoms with Crippen LogP contribution in [0.2, 0.25) is 0 Å². The number of nitrogens with zero attached hydrogens (tertiary/aromatic N) is 1. The first-order chi connectivity index (χ1) is 9.26. The summed E-state index contributed by atoms with van der Waals surface area (Å²) < 4.78 is 10.3. The van der Waals surface area contributed by atoms with Crippen LogP contribution >= 0.6 is 0 Å². The molecular weight excluding hydrogens is 254 g/mol. The summed E-state index contributed by atoms with van der Waals surface area (Å²) in [5.41, 5.74) is 0. The summed E-state index contributed by atoms with van der Waals surface area (Å²) in [6.45, 7) is 2.06. The van der Waals surface area contributed by atoms with E-state index in [2.05, 4.69) is 11.7 Å². The Kier molecular flexibility index (Phi) is 11.8. The topological polar surface area (TPSA) is 131 Å². The van der Waals surface area contributed by atoms with Crippen LogP contribution in [0.4, 0.5) is 0 Å². The summed E-state index contributed by atoms with van der Waals surface area (Å²) in [7, 11) is 0. The van der Waals surface area contributed by atoms with Crippen molar-refractivity contribution in [3.8, 4) is 0 Å². The van der Waals surface area contributed by atoms with Crippen LogP contribution in [0.3, 0.4) is 0 Å². The zero-order valence-corrected chi connectivity index (χ0v) is 11.2. The predicted molar refractivity (Wildman–Crippen MR) is 68.7 cm³/mol. The molecule has 1 heterocycles. The van der Waals surface area contributed by atoms with Gasteiger partial charge in [-0.15, -0.1) is 0 Å². The molecule has 1 saturated heterocycles. The number of aliphatic hydroxyl groups excluding tert-OH is 2. The minimum atomic E-state index is -0.383. The Morgan fingerprint density at radius 3 is 2.37 bits per heavy atom. The van der Waals surface area contributed by atoms with Crippen molar-refractivity contribution >= 4 is 5.97 Å². The van der Waals surface area contributed by atoms with Gasteiger partial charge in [0.15, 0.2) is 0 Å². The Hall–Kier alpha value is -0.770. The number of hydrogen-bond donors (Lipinski definition) is 4. The number of carbonyl (C=O) groups is 1. The van der Waals surface area contributed by atoms with E-state index in [1.807, 2.05) is 4.90 Å². The molecule has 0 aliphatic carbocycles. The third-order valence-electron chi connectivity index (χ3n) is 2.62. The molecule has 1 aliphatic heterocycles. The van der Waals surface area contributed by atoms with Crippen molar-refractivity contribution in [2.75, 3.05) is 39.5 Å². The largest absolute Gasteiger partial charge is 0.436 e. The fourth-order valence-corrected chi connectivity index (χ4v) is 1.71. The first-order valence-electron chi connectivity index (χ1n) is 6.34. The molecule has 114 valence electrons. The van der Waals surface area contributed by atoms with Crippen molar-refractivity contribution in [2.24, 2.45) is 11.7 Å². The number of nitrogens with two attached hydrogens (primary N) is 2. The lowest BCUT2D eigenvalue weighted by Gasteiger charge is -2.19. The standard InChI is InChI=1S/C11H21NO5.H4N2/c13-7-5-12(6-8-14)4-3-10(15)17-11-2-1-9-16-11;1-2/h11,13-14H,1-9H2;1-2H2. The van der Waals surface area contributed by atoms with Gasteiger partial charge >= 0.3 is 5.97 Å². The Bertz CT molecular complexity index is 218. The second-order valence-corrected chi connectivity index (χ2v) is 3.97. The fourth-order valence-electron chi connectivity index (χ4n) is 1.71. The van der Waals surface area contributed by atoms with Crippen molar-refractivity contribution in [3.05, 3.63) is 0 Å². The molecule has 6 N–H and O–H groups in total. The van der Waals surface area contributed by atoms with Crippen LogP contribution in [0.15, 0.2) is 0 Å². The van der Waals surface area contributed by atoms with Crippen molar-refractivity contribution in [2.45, 2.75) is 25.6 Å². The second-order valence-electron chi connectivity index (χ2n) is 3.97. The molecule has 1 atom stereocenters. The SMILES string of the molecule is NN.O=C(CCN(CCO)CCO)OC1CCCO1. The van der Waals surface area contributed by atoms with Gasteiger partial charge in [0.25, 0.3) is 0 Å². The maximum absolute atomic E-state index is 11.5. The summed E-state index contributed by atoms with van der Waals surface area (Å²) in [6, 6.07) is 0. The molecule has 0 radical (unpaired) electrons. The van der Waals surface area contributed by atoms with Gasteiger partial charge in [-0.2, -0.15) is 0 Å². The summed E-state index contributed by atoms with van der Waals surface area (Å²) in [5.74, 6) is 7.71. The molecule has 0 aromatic rings. The van der Waals surface area contributed by atoms with Gasteiger partial charge in [-0.1, -0.05) is 0 Å². The molecule has 0 spiro atoms. The van der Waals surface area contributed by atoms with Crippen molar-refractivity contribution in [1.29, 1.82) is 0 Å². The predicted octanol–water partition coefficient (Wildman–Crippen LogP) is -1.84. The fraction of sp³-hybridized carbons (Fsp3) is 0.909. The van der Waals surface area contributed by atoms with Crippen molar-refractivity contribution < 1.29 is 24.5 Å². The number of esters is 1. The Morgan fingerprint density at radius 2 is 1.89 bits per heavy atom. The van der Waals surface area contributed by atoms with Crippen LogP contribution in [0.25, 0.3) is 0 Å². The van der Waals surface area contributed by atoms with Gasteiger partial charge in [0, 0.05) is 26.1 Å². The van der Waals surface area contributed by atoms with E-state index in [9.17, 15) is 4.79 Å². The van der Waals surface area contributed by atoms with Crippen LogP contribution in [0.5, 0.6) is 0 Å². The van der Waals surface area contributed by atoms with Crippen LogP contribution in [0, 0.1) is 0 Å². The maximum Gasteiger partial charge on any atom is 0.309 e. The molecule has 8 nitrogen and oxygen atoms in total. The third-order valence-corrected chi connectivity index (χ3v) is 2.62. The van der Waals surface area contributed by atoms with E-state index in [0.717, 1.165) is 12.8 Å². The highest BCUT2D eigenvalue weighted by Crippen LogP contribution is 2.13. The molecule has 1 rings (SSSR count). The van der Waals surface area contributed by atoms with E-state index in [-0.39, 0.29) is 31.9 Å². The van der Waals surface area contributed by atoms with E-state index < -0.39 is 0 Å². The maximum atomic E-state index is 11.5. The molecular formula is C11H25N3O5. The number of hydrogen-bond acceptors (Lipinski definition) is 8. The summed E-state index contributed by atoms with van der Waals surface area (Å²) in [4.78, 5) is 13.3. The average molecular weight is 279 g/mol. The van der Waals surface area contributed by atoms with Crippen LogP contribution in [-0.2, 0) is 14.3 Å². The molecule has 0 aromatic heterocycles. The number of hydrazine groups is 1. The van der Waals surface area contributed by atoms with Gasteiger partial charge in [-0.05, 0) is 6.42 Å². The summed E-state index contributed by atoms with van der Waals surface area (Å²) in [5, 5.41) is 17.6. The zero-order valence-electron chi connectivity index (χ0n) is 11.2. The summed E-state index contributed by atoms with van der Waals surface area (Å²) in [6.07, 6.45) is 1.56. The Balaban J connectivity index is 0.00000154. The Labute approximate surface area is 113 Å². The smallest absolute Gasteiger partial charge is 0.309 e. The normalized spacial score (nSPS) is 18.1. The molecule has 19 heavy (non-hydrogen) atoms. The lowest BCUT2D eigenvalue weighted by Crippen LogP contribution is -2.32. The number of rotatable bonds is 8. The molecule has 0 saturated carbocycles. The van der Waals surface area contributed by atoms with E-state index in [1.54, 1.807) is 0 Å². The highest BCUT2D eigenvalue weighted by Gasteiger charge is 2.19. The summed E-state index contributed by atoms with van der Waals surface area (Å²) >= 11 is 0. The molecule has 0 aromatic carbocycles. The van der Waals surface area contributed by atoms with Gasteiger partial charge in [0.05, 0.1) is 26.2 Å². The van der Waals surface area contributed by atoms with Crippen LogP contribution < -0.4 is 11.7 Å². The van der Waals surface area contributed by atoms with Gasteiger partial charge in [-0.25, -0.2) is 0 Å². The van der Waals surface area contributed by atoms with Crippen molar-refractivity contribution in [3.63, 3.8) is 0 Å². The van der Waals surface area contributed by atoms with Gasteiger partial charge in [0.2, 0.25) is 6.29 Å².